The van der Waals surface area contributed by atoms with E-state index in [4.69, 9.17) is 0 Å². The van der Waals surface area contributed by atoms with Crippen LogP contribution in [0, 0.1) is 5.92 Å². The number of carbonyl (C=O) groups is 1. The lowest BCUT2D eigenvalue weighted by atomic mass is 9.87. The summed E-state index contributed by atoms with van der Waals surface area (Å²) in [4.78, 5) is 11.8. The summed E-state index contributed by atoms with van der Waals surface area (Å²) < 4.78 is 0. The van der Waals surface area contributed by atoms with Gasteiger partial charge in [0, 0.05) is 6.54 Å². The summed E-state index contributed by atoms with van der Waals surface area (Å²) in [5, 5.41) is 12.4. The predicted molar refractivity (Wildman–Crippen MR) is 71.1 cm³/mol. The molecule has 1 fully saturated rings. The van der Waals surface area contributed by atoms with Crippen LogP contribution in [-0.2, 0) is 11.2 Å². The van der Waals surface area contributed by atoms with Gasteiger partial charge in [-0.25, -0.2) is 0 Å². The zero-order valence-electron chi connectivity index (χ0n) is 10.6. The minimum Gasteiger partial charge on any atom is -0.393 e. The van der Waals surface area contributed by atoms with Crippen molar-refractivity contribution in [3.05, 3.63) is 35.9 Å². The number of hydrogen-bond acceptors (Lipinski definition) is 2. The van der Waals surface area contributed by atoms with Gasteiger partial charge in [-0.2, -0.15) is 0 Å². The Morgan fingerprint density at radius 1 is 1.17 bits per heavy atom. The fourth-order valence-corrected chi connectivity index (χ4v) is 2.45. The summed E-state index contributed by atoms with van der Waals surface area (Å²) in [6, 6.07) is 9.79. The summed E-state index contributed by atoms with van der Waals surface area (Å²) in [6.07, 6.45) is 4.12. The maximum Gasteiger partial charge on any atom is 0.224 e. The lowest BCUT2D eigenvalue weighted by molar-refractivity contribution is -0.120. The number of benzene rings is 1. The molecule has 0 heterocycles. The Labute approximate surface area is 108 Å². The van der Waals surface area contributed by atoms with E-state index in [1.165, 1.54) is 0 Å². The summed E-state index contributed by atoms with van der Waals surface area (Å²) in [5.74, 6) is 0.625. The lowest BCUT2D eigenvalue weighted by Gasteiger charge is -2.25. The second-order valence-electron chi connectivity index (χ2n) is 5.14. The van der Waals surface area contributed by atoms with Crippen molar-refractivity contribution in [2.24, 2.45) is 5.92 Å². The van der Waals surface area contributed by atoms with Gasteiger partial charge in [0.05, 0.1) is 12.5 Å². The van der Waals surface area contributed by atoms with Crippen LogP contribution in [0.4, 0.5) is 0 Å². The average Bonchev–Trinajstić information content (AvgIpc) is 2.39. The first-order chi connectivity index (χ1) is 8.74. The fourth-order valence-electron chi connectivity index (χ4n) is 2.45. The first-order valence-corrected chi connectivity index (χ1v) is 6.72. The second kappa shape index (κ2) is 6.55. The molecule has 1 aliphatic carbocycles. The first-order valence-electron chi connectivity index (χ1n) is 6.72. The number of carbonyl (C=O) groups excluding carboxylic acids is 1. The number of aliphatic hydroxyl groups excluding tert-OH is 1. The van der Waals surface area contributed by atoms with E-state index in [1.807, 2.05) is 30.3 Å². The molecule has 0 aliphatic heterocycles. The molecule has 18 heavy (non-hydrogen) atoms. The number of rotatable bonds is 4. The van der Waals surface area contributed by atoms with Crippen LogP contribution in [0.3, 0.4) is 0 Å². The van der Waals surface area contributed by atoms with E-state index in [-0.39, 0.29) is 12.0 Å². The maximum atomic E-state index is 11.8. The summed E-state index contributed by atoms with van der Waals surface area (Å²) in [5.41, 5.74) is 1.05. The van der Waals surface area contributed by atoms with Gasteiger partial charge in [-0.05, 0) is 37.2 Å². The van der Waals surface area contributed by atoms with Crippen molar-refractivity contribution in [1.29, 1.82) is 0 Å². The zero-order valence-corrected chi connectivity index (χ0v) is 10.6. The van der Waals surface area contributed by atoms with Crippen LogP contribution in [0.5, 0.6) is 0 Å². The molecule has 1 aromatic carbocycles. The Kier molecular flexibility index (Phi) is 4.76. The third kappa shape index (κ3) is 4.15. The number of aliphatic hydroxyl groups is 1. The SMILES string of the molecule is O=C(Cc1ccccc1)NCC1CCC(O)CC1. The van der Waals surface area contributed by atoms with Crippen LogP contribution < -0.4 is 5.32 Å². The quantitative estimate of drug-likeness (QED) is 0.853. The molecule has 3 heteroatoms. The fraction of sp³-hybridized carbons (Fsp3) is 0.533. The van der Waals surface area contributed by atoms with E-state index in [1.54, 1.807) is 0 Å². The van der Waals surface area contributed by atoms with Gasteiger partial charge < -0.3 is 10.4 Å². The first kappa shape index (κ1) is 13.1. The molecule has 1 aromatic rings. The summed E-state index contributed by atoms with van der Waals surface area (Å²) in [7, 11) is 0. The summed E-state index contributed by atoms with van der Waals surface area (Å²) >= 11 is 0. The topological polar surface area (TPSA) is 49.3 Å². The van der Waals surface area contributed by atoms with Crippen molar-refractivity contribution >= 4 is 5.91 Å². The molecule has 2 N–H and O–H groups in total. The van der Waals surface area contributed by atoms with E-state index < -0.39 is 0 Å². The molecule has 0 spiro atoms. The molecule has 98 valence electrons. The van der Waals surface area contributed by atoms with E-state index in [0.717, 1.165) is 37.8 Å². The maximum absolute atomic E-state index is 11.8. The highest BCUT2D eigenvalue weighted by Crippen LogP contribution is 2.23. The molecule has 0 radical (unpaired) electrons. The highest BCUT2D eigenvalue weighted by Gasteiger charge is 2.19. The normalized spacial score (nSPS) is 23.6. The predicted octanol–water partition coefficient (Wildman–Crippen LogP) is 1.90. The molecule has 0 unspecified atom stereocenters. The lowest BCUT2D eigenvalue weighted by Crippen LogP contribution is -2.33. The van der Waals surface area contributed by atoms with Crippen molar-refractivity contribution < 1.29 is 9.90 Å². The highest BCUT2D eigenvalue weighted by molar-refractivity contribution is 5.78. The van der Waals surface area contributed by atoms with Gasteiger partial charge in [-0.15, -0.1) is 0 Å². The summed E-state index contributed by atoms with van der Waals surface area (Å²) in [6.45, 7) is 0.748. The number of hydrogen-bond donors (Lipinski definition) is 2. The Balaban J connectivity index is 1.69. The van der Waals surface area contributed by atoms with Crippen molar-refractivity contribution in [3.8, 4) is 0 Å². The highest BCUT2D eigenvalue weighted by atomic mass is 16.3. The van der Waals surface area contributed by atoms with Crippen molar-refractivity contribution in [3.63, 3.8) is 0 Å². The number of amides is 1. The Hall–Kier alpha value is -1.35. The minimum absolute atomic E-state index is 0.0901. The van der Waals surface area contributed by atoms with Gasteiger partial charge in [0.15, 0.2) is 0 Å². The number of nitrogens with one attached hydrogen (secondary N) is 1. The third-order valence-electron chi connectivity index (χ3n) is 3.61. The molecule has 2 rings (SSSR count). The molecule has 0 aromatic heterocycles. The van der Waals surface area contributed by atoms with Crippen LogP contribution in [-0.4, -0.2) is 23.7 Å². The Bertz CT molecular complexity index is 369. The van der Waals surface area contributed by atoms with Gasteiger partial charge in [-0.3, -0.25) is 4.79 Å². The van der Waals surface area contributed by atoms with Gasteiger partial charge >= 0.3 is 0 Å². The Morgan fingerprint density at radius 2 is 1.83 bits per heavy atom. The third-order valence-corrected chi connectivity index (χ3v) is 3.61. The van der Waals surface area contributed by atoms with Crippen LogP contribution in [0.15, 0.2) is 30.3 Å². The Morgan fingerprint density at radius 3 is 2.50 bits per heavy atom. The van der Waals surface area contributed by atoms with Crippen LogP contribution in [0.1, 0.15) is 31.2 Å². The van der Waals surface area contributed by atoms with Crippen LogP contribution in [0.25, 0.3) is 0 Å². The van der Waals surface area contributed by atoms with Gasteiger partial charge in [0.1, 0.15) is 0 Å². The molecule has 0 bridgehead atoms. The molecule has 0 atom stereocenters. The molecule has 1 amide bonds. The van der Waals surface area contributed by atoms with E-state index >= 15 is 0 Å². The molecule has 0 saturated heterocycles. The molecule has 1 aliphatic rings. The minimum atomic E-state index is -0.124. The smallest absolute Gasteiger partial charge is 0.224 e. The standard InChI is InChI=1S/C15H21NO2/c17-14-8-6-13(7-9-14)11-16-15(18)10-12-4-2-1-3-5-12/h1-5,13-14,17H,6-11H2,(H,16,18). The largest absolute Gasteiger partial charge is 0.393 e. The van der Waals surface area contributed by atoms with E-state index in [2.05, 4.69) is 5.32 Å². The average molecular weight is 247 g/mol. The monoisotopic (exact) mass is 247 g/mol. The van der Waals surface area contributed by atoms with Crippen LogP contribution in [0.2, 0.25) is 0 Å². The molecular formula is C15H21NO2. The van der Waals surface area contributed by atoms with Crippen LogP contribution >= 0.6 is 0 Å². The second-order valence-corrected chi connectivity index (χ2v) is 5.14. The zero-order chi connectivity index (χ0) is 12.8. The molecule has 3 nitrogen and oxygen atoms in total. The van der Waals surface area contributed by atoms with Crippen molar-refractivity contribution in [2.75, 3.05) is 6.54 Å². The van der Waals surface area contributed by atoms with E-state index in [0.29, 0.717) is 12.3 Å². The van der Waals surface area contributed by atoms with Gasteiger partial charge in [0.2, 0.25) is 5.91 Å². The van der Waals surface area contributed by atoms with Crippen molar-refractivity contribution in [1.82, 2.24) is 5.32 Å². The molecule has 1 saturated carbocycles. The van der Waals surface area contributed by atoms with Crippen molar-refractivity contribution in [2.45, 2.75) is 38.2 Å². The van der Waals surface area contributed by atoms with E-state index in [9.17, 15) is 9.90 Å². The van der Waals surface area contributed by atoms with Gasteiger partial charge in [0.25, 0.3) is 0 Å². The van der Waals surface area contributed by atoms with Gasteiger partial charge in [-0.1, -0.05) is 30.3 Å². The molecular weight excluding hydrogens is 226 g/mol.